The lowest BCUT2D eigenvalue weighted by Crippen LogP contribution is -2.14. The molecule has 0 atom stereocenters. The van der Waals surface area contributed by atoms with Crippen LogP contribution in [-0.4, -0.2) is 23.2 Å². The van der Waals surface area contributed by atoms with Gasteiger partial charge in [-0.2, -0.15) is 5.10 Å². The molecule has 29 heavy (non-hydrogen) atoms. The van der Waals surface area contributed by atoms with Crippen LogP contribution in [-0.2, 0) is 6.42 Å². The van der Waals surface area contributed by atoms with E-state index < -0.39 is 0 Å². The minimum absolute atomic E-state index is 0.186. The van der Waals surface area contributed by atoms with Crippen molar-refractivity contribution in [3.05, 3.63) is 102 Å². The van der Waals surface area contributed by atoms with Crippen LogP contribution >= 0.6 is 0 Å². The second-order valence-electron chi connectivity index (χ2n) is 6.64. The summed E-state index contributed by atoms with van der Waals surface area (Å²) in [5.41, 5.74) is 4.42. The van der Waals surface area contributed by atoms with Crippen molar-refractivity contribution >= 4 is 11.7 Å². The standard InChI is InChI=1S/C24H21N3O2/c1-29-22-14-8-7-13-20(22)21-16-23(27-26-21)25-24(28)19-12-6-5-11-18(19)15-17-9-3-2-4-10-17/h2-14,16H,15H2,1H3,(H2,25,26,27,28). The van der Waals surface area contributed by atoms with Gasteiger partial charge in [0.05, 0.1) is 12.8 Å². The number of aromatic nitrogens is 2. The Balaban J connectivity index is 1.54. The fourth-order valence-electron chi connectivity index (χ4n) is 3.29. The minimum Gasteiger partial charge on any atom is -0.496 e. The topological polar surface area (TPSA) is 67.0 Å². The van der Waals surface area contributed by atoms with Crippen LogP contribution in [0.15, 0.2) is 84.9 Å². The molecule has 0 saturated heterocycles. The number of hydrogen-bond donors (Lipinski definition) is 2. The van der Waals surface area contributed by atoms with E-state index >= 15 is 0 Å². The molecule has 0 fully saturated rings. The van der Waals surface area contributed by atoms with Crippen LogP contribution in [0.25, 0.3) is 11.3 Å². The molecule has 144 valence electrons. The number of hydrogen-bond acceptors (Lipinski definition) is 3. The van der Waals surface area contributed by atoms with Crippen molar-refractivity contribution in [3.8, 4) is 17.0 Å². The number of nitrogens with zero attached hydrogens (tertiary/aromatic N) is 1. The van der Waals surface area contributed by atoms with Crippen LogP contribution in [0.4, 0.5) is 5.82 Å². The van der Waals surface area contributed by atoms with Gasteiger partial charge in [-0.3, -0.25) is 9.89 Å². The Morgan fingerprint density at radius 3 is 2.52 bits per heavy atom. The number of benzene rings is 3. The molecular weight excluding hydrogens is 362 g/mol. The van der Waals surface area contributed by atoms with E-state index in [0.717, 1.165) is 28.1 Å². The van der Waals surface area contributed by atoms with E-state index in [1.165, 1.54) is 0 Å². The number of para-hydroxylation sites is 1. The summed E-state index contributed by atoms with van der Waals surface area (Å²) in [6, 6.07) is 27.2. The maximum atomic E-state index is 12.9. The first-order chi connectivity index (χ1) is 14.2. The van der Waals surface area contributed by atoms with Gasteiger partial charge in [0.25, 0.3) is 5.91 Å². The third-order valence-electron chi connectivity index (χ3n) is 4.72. The Hall–Kier alpha value is -3.86. The first kappa shape index (κ1) is 18.5. The van der Waals surface area contributed by atoms with Crippen molar-refractivity contribution in [2.75, 3.05) is 12.4 Å². The average Bonchev–Trinajstić information content (AvgIpc) is 3.23. The number of H-pyrrole nitrogens is 1. The molecule has 0 radical (unpaired) electrons. The molecule has 0 aliphatic rings. The lowest BCUT2D eigenvalue weighted by atomic mass is 9.99. The number of carbonyl (C=O) groups excluding carboxylic acids is 1. The monoisotopic (exact) mass is 383 g/mol. The number of anilines is 1. The van der Waals surface area contributed by atoms with Crippen LogP contribution in [0.1, 0.15) is 21.5 Å². The molecule has 0 spiro atoms. The minimum atomic E-state index is -0.186. The van der Waals surface area contributed by atoms with Crippen molar-refractivity contribution in [3.63, 3.8) is 0 Å². The highest BCUT2D eigenvalue weighted by Crippen LogP contribution is 2.29. The smallest absolute Gasteiger partial charge is 0.257 e. The van der Waals surface area contributed by atoms with Crippen LogP contribution in [0.5, 0.6) is 5.75 Å². The molecule has 1 amide bonds. The number of nitrogens with one attached hydrogen (secondary N) is 2. The molecule has 3 aromatic carbocycles. The number of carbonyl (C=O) groups is 1. The van der Waals surface area contributed by atoms with Gasteiger partial charge in [-0.1, -0.05) is 60.7 Å². The first-order valence-electron chi connectivity index (χ1n) is 9.36. The molecule has 0 aliphatic carbocycles. The van der Waals surface area contributed by atoms with Crippen molar-refractivity contribution in [2.24, 2.45) is 0 Å². The van der Waals surface area contributed by atoms with E-state index in [-0.39, 0.29) is 5.91 Å². The van der Waals surface area contributed by atoms with Crippen molar-refractivity contribution in [1.29, 1.82) is 0 Å². The highest BCUT2D eigenvalue weighted by Gasteiger charge is 2.14. The highest BCUT2D eigenvalue weighted by atomic mass is 16.5. The lowest BCUT2D eigenvalue weighted by molar-refractivity contribution is 0.102. The summed E-state index contributed by atoms with van der Waals surface area (Å²) in [4.78, 5) is 12.9. The van der Waals surface area contributed by atoms with Gasteiger partial charge in [-0.05, 0) is 35.7 Å². The molecule has 0 aliphatic heterocycles. The third kappa shape index (κ3) is 4.19. The Morgan fingerprint density at radius 1 is 0.966 bits per heavy atom. The van der Waals surface area contributed by atoms with Gasteiger partial charge >= 0.3 is 0 Å². The third-order valence-corrected chi connectivity index (χ3v) is 4.72. The van der Waals surface area contributed by atoms with E-state index in [9.17, 15) is 4.79 Å². The molecule has 0 bridgehead atoms. The summed E-state index contributed by atoms with van der Waals surface area (Å²) in [5, 5.41) is 10.1. The summed E-state index contributed by atoms with van der Waals surface area (Å²) in [6.45, 7) is 0. The van der Waals surface area contributed by atoms with Gasteiger partial charge in [-0.15, -0.1) is 0 Å². The van der Waals surface area contributed by atoms with Crippen LogP contribution in [0.2, 0.25) is 0 Å². The normalized spacial score (nSPS) is 10.5. The number of methoxy groups -OCH3 is 1. The second-order valence-corrected chi connectivity index (χ2v) is 6.64. The second kappa shape index (κ2) is 8.44. The zero-order valence-electron chi connectivity index (χ0n) is 16.1. The van der Waals surface area contributed by atoms with Crippen LogP contribution in [0.3, 0.4) is 0 Å². The molecule has 4 aromatic rings. The zero-order valence-corrected chi connectivity index (χ0v) is 16.1. The van der Waals surface area contributed by atoms with E-state index in [4.69, 9.17) is 4.74 Å². The van der Waals surface area contributed by atoms with Crippen molar-refractivity contribution < 1.29 is 9.53 Å². The van der Waals surface area contributed by atoms with E-state index in [2.05, 4.69) is 27.6 Å². The van der Waals surface area contributed by atoms with Crippen LogP contribution in [0, 0.1) is 0 Å². The van der Waals surface area contributed by atoms with Gasteiger partial charge in [0.15, 0.2) is 5.82 Å². The SMILES string of the molecule is COc1ccccc1-c1cc(NC(=O)c2ccccc2Cc2ccccc2)n[nH]1. The number of ether oxygens (including phenoxy) is 1. The predicted molar refractivity (Wildman–Crippen MR) is 114 cm³/mol. The fourth-order valence-corrected chi connectivity index (χ4v) is 3.29. The number of aromatic amines is 1. The number of amides is 1. The van der Waals surface area contributed by atoms with E-state index in [0.29, 0.717) is 17.8 Å². The average molecular weight is 383 g/mol. The number of rotatable bonds is 6. The molecule has 5 heteroatoms. The predicted octanol–water partition coefficient (Wildman–Crippen LogP) is 4.93. The van der Waals surface area contributed by atoms with Gasteiger partial charge in [-0.25, -0.2) is 0 Å². The summed E-state index contributed by atoms with van der Waals surface area (Å²) in [7, 11) is 1.63. The molecule has 0 unspecified atom stereocenters. The quantitative estimate of drug-likeness (QED) is 0.496. The van der Waals surface area contributed by atoms with E-state index in [1.807, 2.05) is 66.7 Å². The molecule has 4 rings (SSSR count). The van der Waals surface area contributed by atoms with E-state index in [1.54, 1.807) is 13.2 Å². The summed E-state index contributed by atoms with van der Waals surface area (Å²) < 4.78 is 5.40. The first-order valence-corrected chi connectivity index (χ1v) is 9.36. The summed E-state index contributed by atoms with van der Waals surface area (Å²) >= 11 is 0. The Morgan fingerprint density at radius 2 is 1.69 bits per heavy atom. The Labute approximate surface area is 169 Å². The lowest BCUT2D eigenvalue weighted by Gasteiger charge is -2.09. The summed E-state index contributed by atoms with van der Waals surface area (Å²) in [5.74, 6) is 1.02. The maximum absolute atomic E-state index is 12.9. The van der Waals surface area contributed by atoms with Crippen molar-refractivity contribution in [1.82, 2.24) is 10.2 Å². The summed E-state index contributed by atoms with van der Waals surface area (Å²) in [6.07, 6.45) is 0.692. The van der Waals surface area contributed by atoms with Gasteiger partial charge < -0.3 is 10.1 Å². The van der Waals surface area contributed by atoms with Crippen molar-refractivity contribution in [2.45, 2.75) is 6.42 Å². The maximum Gasteiger partial charge on any atom is 0.257 e. The fraction of sp³-hybridized carbons (Fsp3) is 0.0833. The van der Waals surface area contributed by atoms with Gasteiger partial charge in [0.2, 0.25) is 0 Å². The molecular formula is C24H21N3O2. The molecule has 2 N–H and O–H groups in total. The zero-order chi connectivity index (χ0) is 20.1. The Bertz CT molecular complexity index is 1120. The molecule has 1 aromatic heterocycles. The van der Waals surface area contributed by atoms with Gasteiger partial charge in [0, 0.05) is 17.2 Å². The molecule has 0 saturated carbocycles. The van der Waals surface area contributed by atoms with Crippen LogP contribution < -0.4 is 10.1 Å². The Kier molecular flexibility index (Phi) is 5.38. The molecule has 1 heterocycles. The van der Waals surface area contributed by atoms with Gasteiger partial charge in [0.1, 0.15) is 5.75 Å². The largest absolute Gasteiger partial charge is 0.496 e. The highest BCUT2D eigenvalue weighted by molar-refractivity contribution is 6.05. The molecule has 5 nitrogen and oxygen atoms in total.